The molecule has 0 aliphatic rings. The maximum absolute atomic E-state index is 4.63. The van der Waals surface area contributed by atoms with E-state index in [1.165, 1.54) is 61.2 Å². The van der Waals surface area contributed by atoms with Crippen molar-refractivity contribution < 1.29 is 0 Å². The van der Waals surface area contributed by atoms with E-state index in [-0.39, 0.29) is 0 Å². The predicted octanol–water partition coefficient (Wildman–Crippen LogP) is 7.59. The molecule has 0 unspecified atom stereocenters. The first-order valence-corrected chi connectivity index (χ1v) is 11.4. The Bertz CT molecular complexity index is 984. The molecular formula is C29H36N2. The van der Waals surface area contributed by atoms with Crippen LogP contribution in [0.3, 0.4) is 0 Å². The molecule has 3 rings (SSSR count). The Balaban J connectivity index is 2.25. The molecule has 3 aromatic carbocycles. The van der Waals surface area contributed by atoms with Gasteiger partial charge in [-0.15, -0.1) is 0 Å². The molecule has 0 heterocycles. The molecule has 162 valence electrons. The lowest BCUT2D eigenvalue weighted by atomic mass is 9.85. The summed E-state index contributed by atoms with van der Waals surface area (Å²) < 4.78 is 0. The van der Waals surface area contributed by atoms with Crippen LogP contribution in [0, 0.1) is 41.5 Å². The Morgan fingerprint density at radius 1 is 0.742 bits per heavy atom. The van der Waals surface area contributed by atoms with E-state index in [1.807, 2.05) is 6.21 Å². The topological polar surface area (TPSA) is 24.4 Å². The SMILES string of the molecule is CCCCN/N=C/c1c(-c2c(C)cc(C)cc2C)cccc1-c1c(C)cc(C)cc1C. The van der Waals surface area contributed by atoms with Gasteiger partial charge < -0.3 is 5.43 Å². The fraction of sp³-hybridized carbons (Fsp3) is 0.345. The van der Waals surface area contributed by atoms with Gasteiger partial charge in [0, 0.05) is 12.1 Å². The van der Waals surface area contributed by atoms with Crippen molar-refractivity contribution in [1.29, 1.82) is 0 Å². The van der Waals surface area contributed by atoms with Crippen molar-refractivity contribution in [3.63, 3.8) is 0 Å². The summed E-state index contributed by atoms with van der Waals surface area (Å²) in [4.78, 5) is 0. The predicted molar refractivity (Wildman–Crippen MR) is 136 cm³/mol. The van der Waals surface area contributed by atoms with Crippen LogP contribution in [-0.4, -0.2) is 12.8 Å². The van der Waals surface area contributed by atoms with Crippen molar-refractivity contribution >= 4 is 6.21 Å². The number of hydrogen-bond donors (Lipinski definition) is 1. The first kappa shape index (κ1) is 22.8. The molecule has 0 atom stereocenters. The van der Waals surface area contributed by atoms with Crippen molar-refractivity contribution in [2.24, 2.45) is 5.10 Å². The van der Waals surface area contributed by atoms with E-state index in [0.717, 1.165) is 19.4 Å². The minimum absolute atomic E-state index is 0.898. The molecule has 0 saturated heterocycles. The molecule has 0 fully saturated rings. The van der Waals surface area contributed by atoms with E-state index in [1.54, 1.807) is 0 Å². The summed E-state index contributed by atoms with van der Waals surface area (Å²) in [5.74, 6) is 0. The fourth-order valence-corrected chi connectivity index (χ4v) is 4.78. The van der Waals surface area contributed by atoms with Crippen molar-refractivity contribution in [3.05, 3.63) is 81.4 Å². The van der Waals surface area contributed by atoms with Crippen LogP contribution < -0.4 is 5.43 Å². The zero-order valence-electron chi connectivity index (χ0n) is 20.2. The number of hydrogen-bond acceptors (Lipinski definition) is 2. The number of nitrogens with zero attached hydrogens (tertiary/aromatic N) is 1. The molecule has 2 heteroatoms. The minimum atomic E-state index is 0.898. The van der Waals surface area contributed by atoms with Gasteiger partial charge >= 0.3 is 0 Å². The second kappa shape index (κ2) is 9.96. The smallest absolute Gasteiger partial charge is 0.0552 e. The zero-order valence-corrected chi connectivity index (χ0v) is 20.2. The summed E-state index contributed by atoms with van der Waals surface area (Å²) >= 11 is 0. The lowest BCUT2D eigenvalue weighted by Gasteiger charge is -2.19. The third kappa shape index (κ3) is 5.07. The summed E-state index contributed by atoms with van der Waals surface area (Å²) in [6.07, 6.45) is 4.31. The van der Waals surface area contributed by atoms with E-state index >= 15 is 0 Å². The van der Waals surface area contributed by atoms with Gasteiger partial charge in [0.1, 0.15) is 0 Å². The quantitative estimate of drug-likeness (QED) is 0.241. The normalized spacial score (nSPS) is 11.3. The standard InChI is InChI=1S/C29H36N2/c1-8-9-13-30-31-18-27-25(28-21(4)14-19(2)15-22(28)5)11-10-12-26(27)29-23(6)16-20(3)17-24(29)7/h10-12,14-18,30H,8-9,13H2,1-7H3/b31-18+. The third-order valence-electron chi connectivity index (χ3n) is 5.93. The Labute approximate surface area is 188 Å². The maximum Gasteiger partial charge on any atom is 0.0552 e. The zero-order chi connectivity index (χ0) is 22.5. The van der Waals surface area contributed by atoms with Crippen LogP contribution >= 0.6 is 0 Å². The van der Waals surface area contributed by atoms with Gasteiger partial charge in [0.05, 0.1) is 6.21 Å². The average molecular weight is 413 g/mol. The largest absolute Gasteiger partial charge is 0.310 e. The molecule has 0 saturated carbocycles. The highest BCUT2D eigenvalue weighted by Crippen LogP contribution is 2.37. The molecule has 1 N–H and O–H groups in total. The molecule has 0 amide bonds. The Hall–Kier alpha value is -2.87. The molecular weight excluding hydrogens is 376 g/mol. The van der Waals surface area contributed by atoms with Crippen LogP contribution in [-0.2, 0) is 0 Å². The first-order valence-electron chi connectivity index (χ1n) is 11.4. The highest BCUT2D eigenvalue weighted by Gasteiger charge is 2.17. The molecule has 31 heavy (non-hydrogen) atoms. The van der Waals surface area contributed by atoms with Crippen LogP contribution in [0.2, 0.25) is 0 Å². The molecule has 0 bridgehead atoms. The Morgan fingerprint density at radius 3 is 1.61 bits per heavy atom. The maximum atomic E-state index is 4.63. The highest BCUT2D eigenvalue weighted by atomic mass is 15.3. The number of hydrazone groups is 1. The van der Waals surface area contributed by atoms with Crippen molar-refractivity contribution in [2.75, 3.05) is 6.54 Å². The molecule has 0 aliphatic heterocycles. The fourth-order valence-electron chi connectivity index (χ4n) is 4.78. The van der Waals surface area contributed by atoms with E-state index in [4.69, 9.17) is 0 Å². The second-order valence-electron chi connectivity index (χ2n) is 8.83. The number of aryl methyl sites for hydroxylation is 6. The van der Waals surface area contributed by atoms with E-state index in [9.17, 15) is 0 Å². The van der Waals surface area contributed by atoms with Gasteiger partial charge in [-0.1, -0.05) is 66.9 Å². The van der Waals surface area contributed by atoms with Crippen LogP contribution in [0.5, 0.6) is 0 Å². The van der Waals surface area contributed by atoms with Gasteiger partial charge in [0.15, 0.2) is 0 Å². The summed E-state index contributed by atoms with van der Waals surface area (Å²) in [5, 5.41) is 4.63. The average Bonchev–Trinajstić information content (AvgIpc) is 2.67. The summed E-state index contributed by atoms with van der Waals surface area (Å²) in [6.45, 7) is 16.3. The first-order chi connectivity index (χ1) is 14.8. The van der Waals surface area contributed by atoms with Gasteiger partial charge in [-0.2, -0.15) is 5.10 Å². The lowest BCUT2D eigenvalue weighted by molar-refractivity contribution is 0.674. The third-order valence-corrected chi connectivity index (χ3v) is 5.93. The Morgan fingerprint density at radius 2 is 1.19 bits per heavy atom. The van der Waals surface area contributed by atoms with Crippen LogP contribution in [0.15, 0.2) is 47.6 Å². The van der Waals surface area contributed by atoms with Crippen LogP contribution in [0.4, 0.5) is 0 Å². The molecule has 2 nitrogen and oxygen atoms in total. The number of unbranched alkanes of at least 4 members (excludes halogenated alkanes) is 1. The monoisotopic (exact) mass is 412 g/mol. The summed E-state index contributed by atoms with van der Waals surface area (Å²) in [7, 11) is 0. The number of nitrogens with one attached hydrogen (secondary N) is 1. The van der Waals surface area contributed by atoms with E-state index < -0.39 is 0 Å². The van der Waals surface area contributed by atoms with Crippen molar-refractivity contribution in [1.82, 2.24) is 5.43 Å². The molecule has 0 radical (unpaired) electrons. The van der Waals surface area contributed by atoms with Crippen LogP contribution in [0.25, 0.3) is 22.3 Å². The van der Waals surface area contributed by atoms with Gasteiger partial charge in [-0.25, -0.2) is 0 Å². The number of benzene rings is 3. The van der Waals surface area contributed by atoms with Crippen molar-refractivity contribution in [3.8, 4) is 22.3 Å². The van der Waals surface area contributed by atoms with Gasteiger partial charge in [0.25, 0.3) is 0 Å². The molecule has 3 aromatic rings. The second-order valence-corrected chi connectivity index (χ2v) is 8.83. The van der Waals surface area contributed by atoms with Gasteiger partial charge in [-0.3, -0.25) is 0 Å². The lowest BCUT2D eigenvalue weighted by Crippen LogP contribution is -2.08. The minimum Gasteiger partial charge on any atom is -0.310 e. The van der Waals surface area contributed by atoms with E-state index in [2.05, 4.69) is 101 Å². The van der Waals surface area contributed by atoms with Crippen molar-refractivity contribution in [2.45, 2.75) is 61.3 Å². The molecule has 0 aromatic heterocycles. The number of rotatable bonds is 7. The summed E-state index contributed by atoms with van der Waals surface area (Å²) in [5.41, 5.74) is 17.4. The van der Waals surface area contributed by atoms with Gasteiger partial charge in [0.2, 0.25) is 0 Å². The Kier molecular flexibility index (Phi) is 7.33. The summed E-state index contributed by atoms with van der Waals surface area (Å²) in [6, 6.07) is 15.8. The van der Waals surface area contributed by atoms with Crippen LogP contribution in [0.1, 0.15) is 58.7 Å². The highest BCUT2D eigenvalue weighted by molar-refractivity contribution is 6.00. The van der Waals surface area contributed by atoms with E-state index in [0.29, 0.717) is 0 Å². The molecule has 0 spiro atoms. The molecule has 0 aliphatic carbocycles. The van der Waals surface area contributed by atoms with Gasteiger partial charge in [-0.05, 0) is 92.5 Å².